The standard InChI is InChI=1S/C28H36FN5O/c1-5-18-10-9-11-19(6-2)26(18)34-27(20-12-13-25(23(29)16-20)31-28(30)35)22-17-33(21(7-3)8-4)15-14-24(22)32-34/h9-13,16,21H,5-8,14-15,17H2,1-4H3,(H3,30,31,35). The highest BCUT2D eigenvalue weighted by Crippen LogP contribution is 2.37. The Morgan fingerprint density at radius 2 is 1.80 bits per heavy atom. The van der Waals surface area contributed by atoms with Crippen LogP contribution in [0.2, 0.25) is 0 Å². The molecule has 2 aromatic carbocycles. The maximum absolute atomic E-state index is 15.1. The molecule has 0 fully saturated rings. The molecule has 2 heterocycles. The van der Waals surface area contributed by atoms with Crippen molar-refractivity contribution in [2.45, 2.75) is 72.4 Å². The van der Waals surface area contributed by atoms with Gasteiger partial charge in [-0.1, -0.05) is 52.0 Å². The number of primary amides is 1. The SMILES string of the molecule is CCc1cccc(CC)c1-n1nc2c(c1-c1ccc(NC(N)=O)c(F)c1)CN(C(CC)CC)CC2. The molecule has 0 aliphatic carbocycles. The Hall–Kier alpha value is -3.19. The van der Waals surface area contributed by atoms with E-state index in [4.69, 9.17) is 10.8 Å². The molecule has 6 nitrogen and oxygen atoms in total. The number of hydrogen-bond donors (Lipinski definition) is 2. The number of nitrogens with zero attached hydrogens (tertiary/aromatic N) is 3. The number of hydrogen-bond acceptors (Lipinski definition) is 3. The smallest absolute Gasteiger partial charge is 0.316 e. The third kappa shape index (κ3) is 4.82. The van der Waals surface area contributed by atoms with Gasteiger partial charge in [0.25, 0.3) is 0 Å². The summed E-state index contributed by atoms with van der Waals surface area (Å²) in [4.78, 5) is 13.8. The van der Waals surface area contributed by atoms with Crippen LogP contribution in [0.15, 0.2) is 36.4 Å². The van der Waals surface area contributed by atoms with Crippen molar-refractivity contribution < 1.29 is 9.18 Å². The minimum absolute atomic E-state index is 0.0723. The number of halogens is 1. The number of urea groups is 1. The number of nitrogens with two attached hydrogens (primary N) is 1. The van der Waals surface area contributed by atoms with E-state index >= 15 is 4.39 Å². The molecule has 186 valence electrons. The normalized spacial score (nSPS) is 13.8. The van der Waals surface area contributed by atoms with Crippen LogP contribution in [0.4, 0.5) is 14.9 Å². The van der Waals surface area contributed by atoms with Crippen LogP contribution in [-0.4, -0.2) is 33.3 Å². The molecule has 3 N–H and O–H groups in total. The first kappa shape index (κ1) is 24.9. The lowest BCUT2D eigenvalue weighted by molar-refractivity contribution is 0.169. The molecule has 0 bridgehead atoms. The maximum atomic E-state index is 15.1. The van der Waals surface area contributed by atoms with Crippen molar-refractivity contribution in [1.29, 1.82) is 0 Å². The molecule has 0 saturated carbocycles. The highest BCUT2D eigenvalue weighted by atomic mass is 19.1. The Morgan fingerprint density at radius 1 is 1.11 bits per heavy atom. The van der Waals surface area contributed by atoms with E-state index in [9.17, 15) is 4.79 Å². The molecule has 0 radical (unpaired) electrons. The highest BCUT2D eigenvalue weighted by molar-refractivity contribution is 5.88. The van der Waals surface area contributed by atoms with Gasteiger partial charge in [-0.2, -0.15) is 5.10 Å². The Bertz CT molecular complexity index is 1190. The third-order valence-electron chi connectivity index (χ3n) is 7.20. The average Bonchev–Trinajstić information content (AvgIpc) is 3.23. The third-order valence-corrected chi connectivity index (χ3v) is 7.20. The summed E-state index contributed by atoms with van der Waals surface area (Å²) < 4.78 is 17.1. The van der Waals surface area contributed by atoms with Crippen molar-refractivity contribution in [2.24, 2.45) is 5.73 Å². The quantitative estimate of drug-likeness (QED) is 0.428. The Balaban J connectivity index is 1.93. The van der Waals surface area contributed by atoms with E-state index in [0.29, 0.717) is 6.04 Å². The Labute approximate surface area is 207 Å². The number of carbonyl (C=O) groups excluding carboxylic acids is 1. The lowest BCUT2D eigenvalue weighted by atomic mass is 9.97. The van der Waals surface area contributed by atoms with Crippen LogP contribution < -0.4 is 11.1 Å². The molecule has 0 atom stereocenters. The maximum Gasteiger partial charge on any atom is 0.316 e. The number of aromatic nitrogens is 2. The number of rotatable bonds is 8. The van der Waals surface area contributed by atoms with Crippen molar-refractivity contribution in [1.82, 2.24) is 14.7 Å². The number of carbonyl (C=O) groups is 1. The van der Waals surface area contributed by atoms with Gasteiger partial charge in [0.15, 0.2) is 0 Å². The van der Waals surface area contributed by atoms with Crippen LogP contribution in [0.3, 0.4) is 0 Å². The number of aryl methyl sites for hydroxylation is 2. The number of amides is 2. The fourth-order valence-electron chi connectivity index (χ4n) is 5.35. The zero-order chi connectivity index (χ0) is 25.1. The molecule has 1 aromatic heterocycles. The summed E-state index contributed by atoms with van der Waals surface area (Å²) in [5, 5.41) is 7.50. The van der Waals surface area contributed by atoms with Crippen LogP contribution in [0, 0.1) is 5.82 Å². The van der Waals surface area contributed by atoms with Crippen molar-refractivity contribution in [3.63, 3.8) is 0 Å². The summed E-state index contributed by atoms with van der Waals surface area (Å²) >= 11 is 0. The lowest BCUT2D eigenvalue weighted by Crippen LogP contribution is -2.38. The number of fused-ring (bicyclic) bond motifs is 1. The van der Waals surface area contributed by atoms with E-state index < -0.39 is 11.8 Å². The van der Waals surface area contributed by atoms with Gasteiger partial charge >= 0.3 is 6.03 Å². The van der Waals surface area contributed by atoms with Crippen molar-refractivity contribution in [3.8, 4) is 16.9 Å². The second-order valence-corrected chi connectivity index (χ2v) is 9.19. The van der Waals surface area contributed by atoms with Gasteiger partial charge in [-0.25, -0.2) is 13.9 Å². The van der Waals surface area contributed by atoms with Crippen molar-refractivity contribution >= 4 is 11.7 Å². The lowest BCUT2D eigenvalue weighted by Gasteiger charge is -2.33. The predicted molar refractivity (Wildman–Crippen MR) is 139 cm³/mol. The van der Waals surface area contributed by atoms with Gasteiger partial charge in [-0.15, -0.1) is 0 Å². The molecule has 0 saturated heterocycles. The molecule has 35 heavy (non-hydrogen) atoms. The van der Waals surface area contributed by atoms with E-state index in [0.717, 1.165) is 73.4 Å². The van der Waals surface area contributed by atoms with Crippen LogP contribution in [0.25, 0.3) is 16.9 Å². The van der Waals surface area contributed by atoms with Crippen LogP contribution in [0.1, 0.15) is 62.9 Å². The number of benzene rings is 2. The van der Waals surface area contributed by atoms with Gasteiger partial charge < -0.3 is 11.1 Å². The molecule has 1 aliphatic heterocycles. The fourth-order valence-corrected chi connectivity index (χ4v) is 5.35. The molecule has 2 amide bonds. The minimum Gasteiger partial charge on any atom is -0.351 e. The first-order valence-electron chi connectivity index (χ1n) is 12.7. The van der Waals surface area contributed by atoms with Gasteiger partial charge in [0.1, 0.15) is 5.82 Å². The summed E-state index contributed by atoms with van der Waals surface area (Å²) in [5.74, 6) is -0.519. The van der Waals surface area contributed by atoms with E-state index in [1.54, 1.807) is 6.07 Å². The van der Waals surface area contributed by atoms with E-state index in [1.807, 2.05) is 6.07 Å². The molecule has 1 aliphatic rings. The topological polar surface area (TPSA) is 76.2 Å². The van der Waals surface area contributed by atoms with Crippen LogP contribution in [-0.2, 0) is 25.8 Å². The molecule has 0 spiro atoms. The highest BCUT2D eigenvalue weighted by Gasteiger charge is 2.30. The molecule has 7 heteroatoms. The van der Waals surface area contributed by atoms with Gasteiger partial charge in [-0.3, -0.25) is 4.90 Å². The average molecular weight is 478 g/mol. The minimum atomic E-state index is -0.788. The number of anilines is 1. The second kappa shape index (κ2) is 10.6. The first-order chi connectivity index (χ1) is 16.9. The van der Waals surface area contributed by atoms with E-state index in [2.05, 4.69) is 60.8 Å². The van der Waals surface area contributed by atoms with Crippen LogP contribution in [0.5, 0.6) is 0 Å². The molecule has 3 aromatic rings. The van der Waals surface area contributed by atoms with Gasteiger partial charge in [0.05, 0.1) is 22.8 Å². The molecular formula is C28H36FN5O. The summed E-state index contributed by atoms with van der Waals surface area (Å²) in [6, 6.07) is 11.0. The van der Waals surface area contributed by atoms with Gasteiger partial charge in [-0.05, 0) is 48.9 Å². The molecule has 0 unspecified atom stereocenters. The molecular weight excluding hydrogens is 441 g/mol. The van der Waals surface area contributed by atoms with Gasteiger partial charge in [0.2, 0.25) is 0 Å². The first-order valence-corrected chi connectivity index (χ1v) is 12.7. The monoisotopic (exact) mass is 477 g/mol. The zero-order valence-corrected chi connectivity index (χ0v) is 21.2. The molecule has 4 rings (SSSR count). The summed E-state index contributed by atoms with van der Waals surface area (Å²) in [6.45, 7) is 10.5. The van der Waals surface area contributed by atoms with E-state index in [1.165, 1.54) is 17.2 Å². The Kier molecular flexibility index (Phi) is 7.55. The van der Waals surface area contributed by atoms with Crippen molar-refractivity contribution in [2.75, 3.05) is 11.9 Å². The zero-order valence-electron chi connectivity index (χ0n) is 21.2. The predicted octanol–water partition coefficient (Wildman–Crippen LogP) is 5.84. The fraction of sp³-hybridized carbons (Fsp3) is 0.429. The number of nitrogens with one attached hydrogen (secondary N) is 1. The summed E-state index contributed by atoms with van der Waals surface area (Å²) in [6.07, 6.45) is 4.81. The summed E-state index contributed by atoms with van der Waals surface area (Å²) in [7, 11) is 0. The van der Waals surface area contributed by atoms with Gasteiger partial charge in [0, 0.05) is 36.7 Å². The Morgan fingerprint density at radius 3 is 2.37 bits per heavy atom. The second-order valence-electron chi connectivity index (χ2n) is 9.19. The van der Waals surface area contributed by atoms with E-state index in [-0.39, 0.29) is 5.69 Å². The summed E-state index contributed by atoms with van der Waals surface area (Å²) in [5.41, 5.74) is 12.7. The van der Waals surface area contributed by atoms with Crippen LogP contribution >= 0.6 is 0 Å². The van der Waals surface area contributed by atoms with Crippen molar-refractivity contribution in [3.05, 3.63) is 64.6 Å². The largest absolute Gasteiger partial charge is 0.351 e. The number of para-hydroxylation sites is 1.